The second-order valence-electron chi connectivity index (χ2n) is 5.51. The molecule has 7 heteroatoms. The van der Waals surface area contributed by atoms with Gasteiger partial charge in [0.2, 0.25) is 0 Å². The van der Waals surface area contributed by atoms with E-state index in [1.807, 2.05) is 27.7 Å². The van der Waals surface area contributed by atoms with Crippen molar-refractivity contribution >= 4 is 22.5 Å². The Morgan fingerprint density at radius 3 is 2.48 bits per heavy atom. The van der Waals surface area contributed by atoms with Crippen LogP contribution in [0.2, 0.25) is 5.02 Å². The van der Waals surface area contributed by atoms with Crippen molar-refractivity contribution in [3.05, 3.63) is 61.4 Å². The van der Waals surface area contributed by atoms with Crippen molar-refractivity contribution in [2.24, 2.45) is 0 Å². The van der Waals surface area contributed by atoms with Gasteiger partial charge in [-0.05, 0) is 24.1 Å². The highest BCUT2D eigenvalue weighted by Gasteiger charge is 2.17. The van der Waals surface area contributed by atoms with Gasteiger partial charge in [-0.3, -0.25) is 14.8 Å². The fraction of sp³-hybridized carbons (Fsp3) is 0.278. The minimum atomic E-state index is -0.584. The van der Waals surface area contributed by atoms with E-state index in [1.54, 1.807) is 29.0 Å². The summed E-state index contributed by atoms with van der Waals surface area (Å²) in [5.41, 5.74) is 0.532. The zero-order valence-electron chi connectivity index (χ0n) is 14.5. The lowest BCUT2D eigenvalue weighted by atomic mass is 10.1. The molecular formula is C18H19ClN4O2. The Balaban J connectivity index is 0.00000109. The van der Waals surface area contributed by atoms with Crippen LogP contribution in [-0.4, -0.2) is 14.5 Å². The summed E-state index contributed by atoms with van der Waals surface area (Å²) in [5.74, 6) is 0.285. The molecule has 0 bridgehead atoms. The van der Waals surface area contributed by atoms with Crippen molar-refractivity contribution in [1.82, 2.24) is 14.5 Å². The van der Waals surface area contributed by atoms with Gasteiger partial charge in [-0.25, -0.2) is 4.79 Å². The summed E-state index contributed by atoms with van der Waals surface area (Å²) in [7, 11) is 0. The lowest BCUT2D eigenvalue weighted by Gasteiger charge is -2.13. The van der Waals surface area contributed by atoms with Crippen LogP contribution < -0.4 is 11.2 Å². The molecule has 3 aromatic rings. The molecule has 0 aliphatic carbocycles. The van der Waals surface area contributed by atoms with Crippen molar-refractivity contribution in [1.29, 1.82) is 5.26 Å². The van der Waals surface area contributed by atoms with Crippen LogP contribution >= 0.6 is 11.6 Å². The summed E-state index contributed by atoms with van der Waals surface area (Å²) in [6.45, 7) is 7.73. The molecule has 0 spiro atoms. The van der Waals surface area contributed by atoms with Crippen LogP contribution in [0.4, 0.5) is 0 Å². The number of aromatic nitrogens is 3. The van der Waals surface area contributed by atoms with Gasteiger partial charge in [-0.2, -0.15) is 5.26 Å². The molecule has 0 atom stereocenters. The second kappa shape index (κ2) is 7.41. The molecular weight excluding hydrogens is 340 g/mol. The van der Waals surface area contributed by atoms with Gasteiger partial charge in [0.15, 0.2) is 0 Å². The Hall–Kier alpha value is -2.78. The molecule has 25 heavy (non-hydrogen) atoms. The van der Waals surface area contributed by atoms with E-state index < -0.39 is 11.2 Å². The maximum atomic E-state index is 12.2. The predicted octanol–water partition coefficient (Wildman–Crippen LogP) is 3.68. The molecule has 3 rings (SSSR count). The summed E-state index contributed by atoms with van der Waals surface area (Å²) >= 11 is 6.08. The SMILES string of the molecule is CC.CC(C)c1c(-n2ccc3c(C#N)cc(Cl)cc32)[nH]c(=O)[nH]c1=O. The van der Waals surface area contributed by atoms with E-state index in [-0.39, 0.29) is 5.92 Å². The minimum Gasteiger partial charge on any atom is -0.302 e. The monoisotopic (exact) mass is 358 g/mol. The molecule has 0 unspecified atom stereocenters. The third-order valence-electron chi connectivity index (χ3n) is 3.67. The maximum Gasteiger partial charge on any atom is 0.327 e. The number of nitrogens with zero attached hydrogens (tertiary/aromatic N) is 2. The number of rotatable bonds is 2. The van der Waals surface area contributed by atoms with Gasteiger partial charge in [-0.15, -0.1) is 0 Å². The molecule has 0 aliphatic rings. The fourth-order valence-corrected chi connectivity index (χ4v) is 2.92. The van der Waals surface area contributed by atoms with E-state index in [4.69, 9.17) is 11.6 Å². The second-order valence-corrected chi connectivity index (χ2v) is 5.95. The van der Waals surface area contributed by atoms with Crippen LogP contribution in [-0.2, 0) is 0 Å². The lowest BCUT2D eigenvalue weighted by molar-refractivity contribution is 0.795. The Bertz CT molecular complexity index is 1070. The quantitative estimate of drug-likeness (QED) is 0.731. The molecule has 0 amide bonds. The summed E-state index contributed by atoms with van der Waals surface area (Å²) in [5, 5.41) is 10.4. The van der Waals surface area contributed by atoms with Crippen LogP contribution in [0.3, 0.4) is 0 Å². The number of halogens is 1. The van der Waals surface area contributed by atoms with Crippen molar-refractivity contribution in [2.75, 3.05) is 0 Å². The van der Waals surface area contributed by atoms with Crippen LogP contribution in [0.25, 0.3) is 16.7 Å². The Morgan fingerprint density at radius 1 is 1.20 bits per heavy atom. The van der Waals surface area contributed by atoms with Crippen LogP contribution in [0.15, 0.2) is 34.0 Å². The van der Waals surface area contributed by atoms with E-state index in [0.29, 0.717) is 32.9 Å². The van der Waals surface area contributed by atoms with E-state index in [2.05, 4.69) is 16.0 Å². The van der Waals surface area contributed by atoms with Crippen molar-refractivity contribution < 1.29 is 0 Å². The molecule has 0 saturated carbocycles. The van der Waals surface area contributed by atoms with Crippen LogP contribution in [0, 0.1) is 11.3 Å². The predicted molar refractivity (Wildman–Crippen MR) is 99.7 cm³/mol. The smallest absolute Gasteiger partial charge is 0.302 e. The number of benzene rings is 1. The number of aromatic amines is 2. The standard InChI is InChI=1S/C16H13ClN4O2.C2H6/c1-8(2)13-14(19-16(23)20-15(13)22)21-4-3-11-9(7-18)5-10(17)6-12(11)21;1-2/h3-6,8H,1-2H3,(H2,19,20,22,23);1-2H3. The normalized spacial score (nSPS) is 10.4. The third-order valence-corrected chi connectivity index (χ3v) is 3.89. The average molecular weight is 359 g/mol. The Labute approximate surface area is 149 Å². The molecule has 2 aromatic heterocycles. The minimum absolute atomic E-state index is 0.0994. The molecule has 2 N–H and O–H groups in total. The summed E-state index contributed by atoms with van der Waals surface area (Å²) in [6, 6.07) is 7.13. The fourth-order valence-electron chi connectivity index (χ4n) is 2.70. The third kappa shape index (κ3) is 3.37. The lowest BCUT2D eigenvalue weighted by Crippen LogP contribution is -2.29. The topological polar surface area (TPSA) is 94.4 Å². The molecule has 0 fully saturated rings. The van der Waals surface area contributed by atoms with Crippen molar-refractivity contribution in [3.63, 3.8) is 0 Å². The highest BCUT2D eigenvalue weighted by atomic mass is 35.5. The molecule has 130 valence electrons. The Morgan fingerprint density at radius 2 is 1.88 bits per heavy atom. The molecule has 6 nitrogen and oxygen atoms in total. The molecule has 0 radical (unpaired) electrons. The van der Waals surface area contributed by atoms with Gasteiger partial charge >= 0.3 is 5.69 Å². The van der Waals surface area contributed by atoms with Gasteiger partial charge in [0.1, 0.15) is 5.82 Å². The first-order valence-electron chi connectivity index (χ1n) is 8.00. The first-order valence-corrected chi connectivity index (χ1v) is 8.37. The van der Waals surface area contributed by atoms with E-state index in [1.165, 1.54) is 0 Å². The summed E-state index contributed by atoms with van der Waals surface area (Å²) in [4.78, 5) is 28.8. The van der Waals surface area contributed by atoms with Gasteiger partial charge in [0.25, 0.3) is 5.56 Å². The number of hydrogen-bond donors (Lipinski definition) is 2. The number of hydrogen-bond acceptors (Lipinski definition) is 3. The molecule has 0 saturated heterocycles. The first-order chi connectivity index (χ1) is 11.9. The number of fused-ring (bicyclic) bond motifs is 1. The molecule has 1 aromatic carbocycles. The molecule has 0 aliphatic heterocycles. The van der Waals surface area contributed by atoms with Gasteiger partial charge in [0, 0.05) is 16.6 Å². The summed E-state index contributed by atoms with van der Waals surface area (Å²) in [6.07, 6.45) is 1.71. The van der Waals surface area contributed by atoms with Crippen LogP contribution in [0.1, 0.15) is 44.7 Å². The Kier molecular flexibility index (Phi) is 5.50. The van der Waals surface area contributed by atoms with Gasteiger partial charge < -0.3 is 4.57 Å². The highest BCUT2D eigenvalue weighted by Crippen LogP contribution is 2.28. The van der Waals surface area contributed by atoms with Crippen molar-refractivity contribution in [2.45, 2.75) is 33.6 Å². The van der Waals surface area contributed by atoms with E-state index in [0.717, 1.165) is 0 Å². The van der Waals surface area contributed by atoms with Gasteiger partial charge in [0.05, 0.1) is 22.7 Å². The number of nitrogens with one attached hydrogen (secondary N) is 2. The molecule has 2 heterocycles. The average Bonchev–Trinajstić information content (AvgIpc) is 2.98. The van der Waals surface area contributed by atoms with Crippen LogP contribution in [0.5, 0.6) is 0 Å². The van der Waals surface area contributed by atoms with E-state index in [9.17, 15) is 14.9 Å². The van der Waals surface area contributed by atoms with E-state index >= 15 is 0 Å². The maximum absolute atomic E-state index is 12.2. The van der Waals surface area contributed by atoms with Gasteiger partial charge in [-0.1, -0.05) is 39.3 Å². The zero-order chi connectivity index (χ0) is 18.7. The van der Waals surface area contributed by atoms with Crippen molar-refractivity contribution in [3.8, 4) is 11.9 Å². The first kappa shape index (κ1) is 18.6. The number of H-pyrrole nitrogens is 2. The number of nitriles is 1. The highest BCUT2D eigenvalue weighted by molar-refractivity contribution is 6.31. The zero-order valence-corrected chi connectivity index (χ0v) is 15.2. The summed E-state index contributed by atoms with van der Waals surface area (Å²) < 4.78 is 1.67. The largest absolute Gasteiger partial charge is 0.327 e.